The molecule has 8 heteroatoms. The number of aromatic nitrogens is 2. The number of pyridine rings is 1. The molecule has 1 amide bonds. The molecule has 2 aromatic heterocycles. The average molecular weight is 453 g/mol. The number of hydrogen-bond donors (Lipinski definition) is 1. The van der Waals surface area contributed by atoms with Gasteiger partial charge < -0.3 is 14.9 Å². The van der Waals surface area contributed by atoms with E-state index in [1.54, 1.807) is 41.8 Å². The van der Waals surface area contributed by atoms with Crippen molar-refractivity contribution in [3.8, 4) is 0 Å². The van der Waals surface area contributed by atoms with Crippen LogP contribution in [-0.4, -0.2) is 63.2 Å². The Bertz CT molecular complexity index is 1240. The van der Waals surface area contributed by atoms with Gasteiger partial charge in [0.1, 0.15) is 11.3 Å². The fourth-order valence-corrected chi connectivity index (χ4v) is 4.27. The van der Waals surface area contributed by atoms with E-state index in [0.717, 1.165) is 5.56 Å². The number of aliphatic hydroxyl groups excluding tert-OH is 1. The summed E-state index contributed by atoms with van der Waals surface area (Å²) in [6, 6.07) is 10.0. The Labute approximate surface area is 191 Å². The smallest absolute Gasteiger partial charge is 0.295 e. The second-order valence-corrected chi connectivity index (χ2v) is 8.71. The SMILES string of the molecule is Cc1nc2c(C)cccn2c1C(O)=C1C(=O)C(=O)N(CCN(C)C)[C@@H]1c1ccc(Cl)cc1. The molecule has 3 heterocycles. The molecule has 1 aliphatic rings. The number of imidazole rings is 1. The molecule has 0 saturated carbocycles. The van der Waals surface area contributed by atoms with Crippen molar-refractivity contribution in [2.45, 2.75) is 19.9 Å². The van der Waals surface area contributed by atoms with E-state index in [-0.39, 0.29) is 11.3 Å². The summed E-state index contributed by atoms with van der Waals surface area (Å²) in [6.07, 6.45) is 1.79. The van der Waals surface area contributed by atoms with Crippen LogP contribution in [0.2, 0.25) is 5.02 Å². The fraction of sp³-hybridized carbons (Fsp3) is 0.292. The summed E-state index contributed by atoms with van der Waals surface area (Å²) in [5, 5.41) is 12.0. The van der Waals surface area contributed by atoms with E-state index in [0.29, 0.717) is 40.7 Å². The van der Waals surface area contributed by atoms with Crippen LogP contribution in [0.15, 0.2) is 48.2 Å². The Morgan fingerprint density at radius 2 is 1.84 bits per heavy atom. The first-order chi connectivity index (χ1) is 15.2. The first kappa shape index (κ1) is 22.0. The molecule has 0 radical (unpaired) electrons. The van der Waals surface area contributed by atoms with E-state index >= 15 is 0 Å². The van der Waals surface area contributed by atoms with Gasteiger partial charge in [0.25, 0.3) is 11.7 Å². The molecule has 0 aliphatic carbocycles. The molecule has 4 rings (SSSR count). The van der Waals surface area contributed by atoms with Crippen LogP contribution in [0.3, 0.4) is 0 Å². The number of fused-ring (bicyclic) bond motifs is 1. The molecular formula is C24H25ClN4O3. The zero-order valence-corrected chi connectivity index (χ0v) is 19.2. The number of benzene rings is 1. The van der Waals surface area contributed by atoms with Crippen molar-refractivity contribution in [1.29, 1.82) is 0 Å². The van der Waals surface area contributed by atoms with Crippen LogP contribution in [0.1, 0.15) is 28.6 Å². The highest BCUT2D eigenvalue weighted by Gasteiger charge is 2.46. The normalized spacial score (nSPS) is 18.3. The predicted octanol–water partition coefficient (Wildman–Crippen LogP) is 3.59. The molecule has 0 unspecified atom stereocenters. The zero-order valence-electron chi connectivity index (χ0n) is 18.5. The van der Waals surface area contributed by atoms with Gasteiger partial charge in [-0.3, -0.25) is 14.0 Å². The molecule has 1 aromatic carbocycles. The van der Waals surface area contributed by atoms with Crippen LogP contribution in [0, 0.1) is 13.8 Å². The van der Waals surface area contributed by atoms with Gasteiger partial charge in [-0.15, -0.1) is 0 Å². The minimum absolute atomic E-state index is 0.0579. The number of amides is 1. The molecule has 166 valence electrons. The maximum Gasteiger partial charge on any atom is 0.295 e. The van der Waals surface area contributed by atoms with Crippen LogP contribution in [0.5, 0.6) is 0 Å². The number of rotatable bonds is 5. The third-order valence-corrected chi connectivity index (χ3v) is 6.01. The molecule has 0 spiro atoms. The summed E-state index contributed by atoms with van der Waals surface area (Å²) < 4.78 is 1.76. The molecule has 3 aromatic rings. The van der Waals surface area contributed by atoms with Crippen LogP contribution in [-0.2, 0) is 9.59 Å². The summed E-state index contributed by atoms with van der Waals surface area (Å²) in [5.74, 6) is -1.56. The van der Waals surface area contributed by atoms with Crippen molar-refractivity contribution < 1.29 is 14.7 Å². The number of aryl methyl sites for hydroxylation is 2. The number of halogens is 1. The van der Waals surface area contributed by atoms with Crippen LogP contribution in [0.25, 0.3) is 11.4 Å². The Balaban J connectivity index is 1.94. The standard InChI is InChI=1S/C24H25ClN4O3/c1-14-6-5-11-28-19(15(2)26-23(14)28)21(30)18-20(16-7-9-17(25)10-8-16)29(13-12-27(3)4)24(32)22(18)31/h5-11,20,30H,12-13H2,1-4H3/t20-/m1/s1. The topological polar surface area (TPSA) is 78.1 Å². The third-order valence-electron chi connectivity index (χ3n) is 5.76. The van der Waals surface area contributed by atoms with Gasteiger partial charge in [-0.2, -0.15) is 0 Å². The van der Waals surface area contributed by atoms with Gasteiger partial charge in [0.05, 0.1) is 17.3 Å². The molecule has 1 N–H and O–H groups in total. The lowest BCUT2D eigenvalue weighted by molar-refractivity contribution is -0.140. The van der Waals surface area contributed by atoms with E-state index in [2.05, 4.69) is 4.98 Å². The number of nitrogens with zero attached hydrogens (tertiary/aromatic N) is 4. The first-order valence-electron chi connectivity index (χ1n) is 10.3. The number of likely N-dealkylation sites (tertiary alicyclic amines) is 1. The van der Waals surface area contributed by atoms with Crippen molar-refractivity contribution in [3.05, 3.63) is 75.7 Å². The molecule has 1 aliphatic heterocycles. The average Bonchev–Trinajstić information content (AvgIpc) is 3.21. The lowest BCUT2D eigenvalue weighted by Crippen LogP contribution is -2.35. The van der Waals surface area contributed by atoms with Crippen molar-refractivity contribution in [2.75, 3.05) is 27.2 Å². The summed E-state index contributed by atoms with van der Waals surface area (Å²) in [5.41, 5.74) is 3.38. The van der Waals surface area contributed by atoms with Gasteiger partial charge in [-0.1, -0.05) is 29.8 Å². The number of carbonyl (C=O) groups is 2. The number of ketones is 1. The monoisotopic (exact) mass is 452 g/mol. The number of aliphatic hydroxyl groups is 1. The number of likely N-dealkylation sites (N-methyl/N-ethyl adjacent to an activating group) is 1. The molecule has 7 nitrogen and oxygen atoms in total. The van der Waals surface area contributed by atoms with Crippen LogP contribution in [0.4, 0.5) is 0 Å². The van der Waals surface area contributed by atoms with E-state index in [1.807, 2.05) is 38.1 Å². The van der Waals surface area contributed by atoms with Crippen molar-refractivity contribution >= 4 is 34.7 Å². The van der Waals surface area contributed by atoms with Gasteiger partial charge in [0, 0.05) is 24.3 Å². The summed E-state index contributed by atoms with van der Waals surface area (Å²) in [6.45, 7) is 4.62. The fourth-order valence-electron chi connectivity index (χ4n) is 4.14. The van der Waals surface area contributed by atoms with Gasteiger partial charge in [0.2, 0.25) is 0 Å². The van der Waals surface area contributed by atoms with E-state index in [9.17, 15) is 14.7 Å². The lowest BCUT2D eigenvalue weighted by Gasteiger charge is -2.26. The van der Waals surface area contributed by atoms with E-state index in [4.69, 9.17) is 11.6 Å². The first-order valence-corrected chi connectivity index (χ1v) is 10.7. The Kier molecular flexibility index (Phi) is 5.79. The lowest BCUT2D eigenvalue weighted by atomic mass is 9.96. The number of carbonyl (C=O) groups excluding carboxylic acids is 2. The largest absolute Gasteiger partial charge is 0.505 e. The Hall–Kier alpha value is -3.16. The minimum atomic E-state index is -0.720. The van der Waals surface area contributed by atoms with Crippen LogP contribution >= 0.6 is 11.6 Å². The minimum Gasteiger partial charge on any atom is -0.505 e. The summed E-state index contributed by atoms with van der Waals surface area (Å²) >= 11 is 6.07. The molecule has 1 atom stereocenters. The highest BCUT2D eigenvalue weighted by molar-refractivity contribution is 6.46. The summed E-state index contributed by atoms with van der Waals surface area (Å²) in [4.78, 5) is 34.2. The highest BCUT2D eigenvalue weighted by atomic mass is 35.5. The predicted molar refractivity (Wildman–Crippen MR) is 124 cm³/mol. The quantitative estimate of drug-likeness (QED) is 0.363. The van der Waals surface area contributed by atoms with Gasteiger partial charge in [-0.05, 0) is 57.3 Å². The van der Waals surface area contributed by atoms with Crippen LogP contribution < -0.4 is 0 Å². The highest BCUT2D eigenvalue weighted by Crippen LogP contribution is 2.40. The Morgan fingerprint density at radius 3 is 2.50 bits per heavy atom. The maximum absolute atomic E-state index is 13.2. The number of hydrogen-bond acceptors (Lipinski definition) is 5. The van der Waals surface area contributed by atoms with Crippen molar-refractivity contribution in [3.63, 3.8) is 0 Å². The molecular weight excluding hydrogens is 428 g/mol. The second-order valence-electron chi connectivity index (χ2n) is 8.28. The van der Waals surface area contributed by atoms with Gasteiger partial charge in [-0.25, -0.2) is 4.98 Å². The van der Waals surface area contributed by atoms with Gasteiger partial charge >= 0.3 is 0 Å². The van der Waals surface area contributed by atoms with Crippen molar-refractivity contribution in [1.82, 2.24) is 19.2 Å². The van der Waals surface area contributed by atoms with Crippen molar-refractivity contribution in [2.24, 2.45) is 0 Å². The third kappa shape index (κ3) is 3.67. The Morgan fingerprint density at radius 1 is 1.16 bits per heavy atom. The second kappa shape index (κ2) is 8.41. The van der Waals surface area contributed by atoms with E-state index in [1.165, 1.54) is 4.90 Å². The molecule has 1 saturated heterocycles. The summed E-state index contributed by atoms with van der Waals surface area (Å²) in [7, 11) is 3.80. The molecule has 32 heavy (non-hydrogen) atoms. The maximum atomic E-state index is 13.2. The van der Waals surface area contributed by atoms with Gasteiger partial charge in [0.15, 0.2) is 5.76 Å². The molecule has 0 bridgehead atoms. The number of Topliss-reactive ketones (excluding diaryl/α,β-unsaturated/α-hetero) is 1. The zero-order chi connectivity index (χ0) is 23.2. The van der Waals surface area contributed by atoms with E-state index < -0.39 is 17.7 Å². The molecule has 1 fully saturated rings.